The molecular weight excluding hydrogens is 599 g/mol. The van der Waals surface area contributed by atoms with Crippen LogP contribution in [0.5, 0.6) is 11.5 Å². The summed E-state index contributed by atoms with van der Waals surface area (Å²) in [5.74, 6) is 0.688. The summed E-state index contributed by atoms with van der Waals surface area (Å²) < 4.78 is 44.6. The van der Waals surface area contributed by atoms with E-state index in [1.54, 1.807) is 31.3 Å². The Kier molecular flexibility index (Phi) is 8.52. The number of hydrogen-bond acceptors (Lipinski definition) is 6. The highest BCUT2D eigenvalue weighted by atomic mass is 35.5. The van der Waals surface area contributed by atoms with Crippen LogP contribution in [0.15, 0.2) is 53.4 Å². The van der Waals surface area contributed by atoms with Crippen molar-refractivity contribution in [3.63, 3.8) is 0 Å². The number of sulfonamides is 1. The minimum absolute atomic E-state index is 0.0424. The number of hydrogen-bond donors (Lipinski definition) is 0. The maximum absolute atomic E-state index is 14.2. The summed E-state index contributed by atoms with van der Waals surface area (Å²) in [6.45, 7) is 1.29. The van der Waals surface area contributed by atoms with Gasteiger partial charge < -0.3 is 19.1 Å². The van der Waals surface area contributed by atoms with E-state index >= 15 is 0 Å². The largest absolute Gasteiger partial charge is 0.493 e. The molecule has 0 radical (unpaired) electrons. The van der Waals surface area contributed by atoms with E-state index in [-0.39, 0.29) is 46.8 Å². The van der Waals surface area contributed by atoms with Crippen LogP contribution in [-0.4, -0.2) is 70.6 Å². The van der Waals surface area contributed by atoms with Crippen LogP contribution in [0.3, 0.4) is 0 Å². The van der Waals surface area contributed by atoms with E-state index in [1.807, 2.05) is 24.3 Å². The molecule has 3 aromatic carbocycles. The van der Waals surface area contributed by atoms with E-state index in [4.69, 9.17) is 49.0 Å². The van der Waals surface area contributed by atoms with Crippen LogP contribution in [0, 0.1) is 0 Å². The number of morpholine rings is 1. The van der Waals surface area contributed by atoms with E-state index in [9.17, 15) is 13.2 Å². The molecule has 2 aliphatic rings. The third-order valence-electron chi connectivity index (χ3n) is 7.16. The third-order valence-corrected chi connectivity index (χ3v) is 10.1. The molecule has 1 unspecified atom stereocenters. The number of rotatable bonds is 6. The van der Waals surface area contributed by atoms with Crippen LogP contribution >= 0.6 is 34.8 Å². The molecule has 2 aliphatic heterocycles. The molecule has 1 saturated heterocycles. The molecule has 1 atom stereocenters. The van der Waals surface area contributed by atoms with E-state index in [0.29, 0.717) is 29.5 Å². The summed E-state index contributed by atoms with van der Waals surface area (Å²) in [7, 11) is -0.858. The van der Waals surface area contributed by atoms with Crippen molar-refractivity contribution in [3.8, 4) is 11.5 Å². The standard InChI is InChI=1S/C28H27Cl3N2O6S/c1-37-24-13-18-7-8-33(27(20(18)14-25(24)38-2)17-3-5-19(29)6-4-17)28(34)21-15-26(23(31)16-22(21)30)40(35,36)32-9-11-39-12-10-32/h3-6,13-16,27H,7-12H2,1-2H3. The second-order valence-corrected chi connectivity index (χ2v) is 12.5. The topological polar surface area (TPSA) is 85.4 Å². The fourth-order valence-electron chi connectivity index (χ4n) is 5.14. The predicted octanol–water partition coefficient (Wildman–Crippen LogP) is 5.47. The summed E-state index contributed by atoms with van der Waals surface area (Å²) >= 11 is 19.1. The number of methoxy groups -OCH3 is 2. The molecule has 5 rings (SSSR count). The number of ether oxygens (including phenoxy) is 3. The van der Waals surface area contributed by atoms with E-state index in [2.05, 4.69) is 0 Å². The summed E-state index contributed by atoms with van der Waals surface area (Å²) in [6, 6.07) is 13.1. The lowest BCUT2D eigenvalue weighted by Crippen LogP contribution is -2.41. The number of nitrogens with zero attached hydrogens (tertiary/aromatic N) is 2. The first-order chi connectivity index (χ1) is 19.1. The van der Waals surface area contributed by atoms with Gasteiger partial charge in [-0.2, -0.15) is 4.31 Å². The minimum atomic E-state index is -3.99. The maximum Gasteiger partial charge on any atom is 0.256 e. The Morgan fingerprint density at radius 1 is 0.900 bits per heavy atom. The summed E-state index contributed by atoms with van der Waals surface area (Å²) in [5.41, 5.74) is 2.71. The van der Waals surface area contributed by atoms with E-state index in [0.717, 1.165) is 16.7 Å². The van der Waals surface area contributed by atoms with Crippen molar-refractivity contribution in [1.29, 1.82) is 0 Å². The summed E-state index contributed by atoms with van der Waals surface area (Å²) in [5, 5.41) is 0.565. The number of amides is 1. The van der Waals surface area contributed by atoms with Gasteiger partial charge in [0.1, 0.15) is 4.90 Å². The molecule has 2 heterocycles. The number of carbonyl (C=O) groups is 1. The van der Waals surface area contributed by atoms with Crippen LogP contribution in [0.4, 0.5) is 0 Å². The number of halogens is 3. The quantitative estimate of drug-likeness (QED) is 0.361. The molecule has 1 fully saturated rings. The average Bonchev–Trinajstić information content (AvgIpc) is 2.96. The van der Waals surface area contributed by atoms with Gasteiger partial charge in [-0.1, -0.05) is 46.9 Å². The normalized spacial score (nSPS) is 17.8. The Bertz CT molecular complexity index is 1540. The SMILES string of the molecule is COc1cc2c(cc1OC)C(c1ccc(Cl)cc1)N(C(=O)c1cc(S(=O)(=O)N3CCOCC3)c(Cl)cc1Cl)CC2. The van der Waals surface area contributed by atoms with Gasteiger partial charge in [0.25, 0.3) is 5.91 Å². The zero-order valence-electron chi connectivity index (χ0n) is 21.8. The van der Waals surface area contributed by atoms with Gasteiger partial charge in [-0.05, 0) is 59.5 Å². The second-order valence-electron chi connectivity index (χ2n) is 9.39. The molecule has 0 saturated carbocycles. The number of fused-ring (bicyclic) bond motifs is 1. The van der Waals surface area contributed by atoms with Crippen LogP contribution < -0.4 is 9.47 Å². The van der Waals surface area contributed by atoms with Gasteiger partial charge in [0.2, 0.25) is 10.0 Å². The molecule has 0 bridgehead atoms. The lowest BCUT2D eigenvalue weighted by atomic mass is 9.87. The van der Waals surface area contributed by atoms with Crippen molar-refractivity contribution in [1.82, 2.24) is 9.21 Å². The van der Waals surface area contributed by atoms with Gasteiger partial charge in [-0.3, -0.25) is 4.79 Å². The Hall–Kier alpha value is -2.53. The molecular formula is C28H27Cl3N2O6S. The van der Waals surface area contributed by atoms with Crippen molar-refractivity contribution in [2.24, 2.45) is 0 Å². The van der Waals surface area contributed by atoms with Crippen LogP contribution in [0.25, 0.3) is 0 Å². The molecule has 0 aromatic heterocycles. The first-order valence-electron chi connectivity index (χ1n) is 12.5. The Morgan fingerprint density at radius 2 is 1.55 bits per heavy atom. The summed E-state index contributed by atoms with van der Waals surface area (Å²) in [6.07, 6.45) is 0.537. The van der Waals surface area contributed by atoms with E-state index < -0.39 is 22.0 Å². The van der Waals surface area contributed by atoms with Crippen molar-refractivity contribution >= 4 is 50.7 Å². The maximum atomic E-state index is 14.2. The highest BCUT2D eigenvalue weighted by Gasteiger charge is 2.36. The molecule has 212 valence electrons. The zero-order valence-corrected chi connectivity index (χ0v) is 24.9. The van der Waals surface area contributed by atoms with Gasteiger partial charge in [0.05, 0.1) is 49.1 Å². The van der Waals surface area contributed by atoms with Crippen molar-refractivity contribution in [2.75, 3.05) is 47.1 Å². The molecule has 1 amide bonds. The van der Waals surface area contributed by atoms with Crippen LogP contribution in [0.2, 0.25) is 15.1 Å². The monoisotopic (exact) mass is 624 g/mol. The molecule has 0 N–H and O–H groups in total. The predicted molar refractivity (Wildman–Crippen MR) is 154 cm³/mol. The average molecular weight is 626 g/mol. The number of carbonyl (C=O) groups excluding carboxylic acids is 1. The molecule has 0 spiro atoms. The van der Waals surface area contributed by atoms with Crippen molar-refractivity contribution < 1.29 is 27.4 Å². The first-order valence-corrected chi connectivity index (χ1v) is 15.1. The molecule has 8 nitrogen and oxygen atoms in total. The van der Waals surface area contributed by atoms with Gasteiger partial charge in [0.15, 0.2) is 11.5 Å². The Morgan fingerprint density at radius 3 is 2.20 bits per heavy atom. The third kappa shape index (κ3) is 5.38. The lowest BCUT2D eigenvalue weighted by Gasteiger charge is -2.38. The van der Waals surface area contributed by atoms with Crippen LogP contribution in [-0.2, 0) is 21.2 Å². The van der Waals surface area contributed by atoms with E-state index in [1.165, 1.54) is 16.4 Å². The molecule has 0 aliphatic carbocycles. The fraction of sp³-hybridized carbons (Fsp3) is 0.321. The smallest absolute Gasteiger partial charge is 0.256 e. The molecule has 12 heteroatoms. The van der Waals surface area contributed by atoms with Gasteiger partial charge in [-0.25, -0.2) is 8.42 Å². The fourth-order valence-corrected chi connectivity index (χ4v) is 7.50. The Balaban J connectivity index is 1.61. The zero-order chi connectivity index (χ0) is 28.6. The number of benzene rings is 3. The Labute approximate surface area is 248 Å². The first kappa shape index (κ1) is 29.0. The van der Waals surface area contributed by atoms with Crippen molar-refractivity contribution in [2.45, 2.75) is 17.4 Å². The van der Waals surface area contributed by atoms with Gasteiger partial charge in [-0.15, -0.1) is 0 Å². The summed E-state index contributed by atoms with van der Waals surface area (Å²) in [4.78, 5) is 15.7. The van der Waals surface area contributed by atoms with Crippen molar-refractivity contribution in [3.05, 3.63) is 85.9 Å². The van der Waals surface area contributed by atoms with Crippen LogP contribution in [0.1, 0.15) is 33.1 Å². The van der Waals surface area contributed by atoms with Gasteiger partial charge >= 0.3 is 0 Å². The molecule has 3 aromatic rings. The highest BCUT2D eigenvalue weighted by Crippen LogP contribution is 2.42. The second kappa shape index (κ2) is 11.8. The molecule has 40 heavy (non-hydrogen) atoms. The minimum Gasteiger partial charge on any atom is -0.493 e. The highest BCUT2D eigenvalue weighted by molar-refractivity contribution is 7.89. The van der Waals surface area contributed by atoms with Gasteiger partial charge in [0, 0.05) is 24.7 Å². The lowest BCUT2D eigenvalue weighted by molar-refractivity contribution is 0.0693.